The van der Waals surface area contributed by atoms with Crippen LogP contribution in [0.5, 0.6) is 5.75 Å². The largest absolute Gasteiger partial charge is 0.495 e. The van der Waals surface area contributed by atoms with Gasteiger partial charge in [0, 0.05) is 23.2 Å². The summed E-state index contributed by atoms with van der Waals surface area (Å²) in [6, 6.07) is 2.70. The Hall–Kier alpha value is -0.880. The first-order valence-electron chi connectivity index (χ1n) is 5.64. The van der Waals surface area contributed by atoms with E-state index in [2.05, 4.69) is 25.4 Å². The summed E-state index contributed by atoms with van der Waals surface area (Å²) in [6.45, 7) is -0.166. The molecular formula is C10H16BrN3O5S2. The summed E-state index contributed by atoms with van der Waals surface area (Å²) in [6.07, 6.45) is 0.986. The van der Waals surface area contributed by atoms with Crippen LogP contribution in [0.4, 0.5) is 5.69 Å². The van der Waals surface area contributed by atoms with Crippen LogP contribution in [-0.4, -0.2) is 43.3 Å². The molecule has 1 aromatic carbocycles. The zero-order chi connectivity index (χ0) is 16.3. The first-order chi connectivity index (χ1) is 9.57. The molecule has 4 N–H and O–H groups in total. The van der Waals surface area contributed by atoms with Gasteiger partial charge in [-0.2, -0.15) is 0 Å². The van der Waals surface area contributed by atoms with E-state index >= 15 is 0 Å². The maximum Gasteiger partial charge on any atom is 0.244 e. The quantitative estimate of drug-likeness (QED) is 0.431. The Kier molecular flexibility index (Phi) is 5.99. The molecule has 11 heteroatoms. The second-order valence-corrected chi connectivity index (χ2v) is 8.51. The van der Waals surface area contributed by atoms with E-state index in [-0.39, 0.29) is 29.4 Å². The summed E-state index contributed by atoms with van der Waals surface area (Å²) >= 11 is 3.18. The zero-order valence-electron chi connectivity index (χ0n) is 11.4. The van der Waals surface area contributed by atoms with Crippen molar-refractivity contribution in [3.63, 3.8) is 0 Å². The summed E-state index contributed by atoms with van der Waals surface area (Å²) in [7, 11) is -5.90. The average Bonchev–Trinajstić information content (AvgIpc) is 2.36. The van der Waals surface area contributed by atoms with Gasteiger partial charge in [0.15, 0.2) is 0 Å². The molecule has 0 unspecified atom stereocenters. The third-order valence-electron chi connectivity index (χ3n) is 2.35. The van der Waals surface area contributed by atoms with Crippen LogP contribution in [0.15, 0.2) is 21.5 Å². The normalized spacial score (nSPS) is 12.3. The molecule has 0 spiro atoms. The van der Waals surface area contributed by atoms with Crippen LogP contribution in [-0.2, 0) is 20.0 Å². The fourth-order valence-corrected chi connectivity index (χ4v) is 3.43. The monoisotopic (exact) mass is 401 g/mol. The van der Waals surface area contributed by atoms with E-state index in [0.717, 1.165) is 6.26 Å². The number of nitrogen functional groups attached to an aromatic ring is 1. The van der Waals surface area contributed by atoms with Crippen molar-refractivity contribution in [1.29, 1.82) is 0 Å². The van der Waals surface area contributed by atoms with Crippen LogP contribution in [0.2, 0.25) is 0 Å². The Morgan fingerprint density at radius 2 is 1.76 bits per heavy atom. The van der Waals surface area contributed by atoms with Crippen LogP contribution >= 0.6 is 15.9 Å². The molecule has 0 atom stereocenters. The predicted octanol–water partition coefficient (Wildman–Crippen LogP) is -0.133. The predicted molar refractivity (Wildman–Crippen MR) is 83.1 cm³/mol. The van der Waals surface area contributed by atoms with Crippen LogP contribution < -0.4 is 19.9 Å². The first-order valence-corrected chi connectivity index (χ1v) is 9.81. The van der Waals surface area contributed by atoms with Gasteiger partial charge in [-0.3, -0.25) is 0 Å². The molecule has 0 aliphatic heterocycles. The third-order valence-corrected chi connectivity index (χ3v) is 5.25. The molecule has 0 saturated heterocycles. The van der Waals surface area contributed by atoms with Crippen molar-refractivity contribution in [3.8, 4) is 5.75 Å². The molecule has 0 fully saturated rings. The highest BCUT2D eigenvalue weighted by molar-refractivity contribution is 9.10. The minimum atomic E-state index is -3.87. The van der Waals surface area contributed by atoms with Gasteiger partial charge >= 0.3 is 0 Å². The first kappa shape index (κ1) is 18.2. The Morgan fingerprint density at radius 1 is 1.19 bits per heavy atom. The van der Waals surface area contributed by atoms with Crippen LogP contribution in [0.1, 0.15) is 0 Å². The minimum Gasteiger partial charge on any atom is -0.495 e. The van der Waals surface area contributed by atoms with E-state index in [1.165, 1.54) is 19.2 Å². The second-order valence-electron chi connectivity index (χ2n) is 4.09. The van der Waals surface area contributed by atoms with Crippen molar-refractivity contribution in [2.75, 3.05) is 32.2 Å². The molecule has 0 amide bonds. The van der Waals surface area contributed by atoms with Crippen LogP contribution in [0, 0.1) is 0 Å². The summed E-state index contributed by atoms with van der Waals surface area (Å²) in [5.41, 5.74) is 5.91. The van der Waals surface area contributed by atoms with Crippen molar-refractivity contribution >= 4 is 41.7 Å². The Balaban J connectivity index is 2.90. The second kappa shape index (κ2) is 6.92. The molecule has 120 valence electrons. The molecule has 8 nitrogen and oxygen atoms in total. The molecule has 0 bridgehead atoms. The molecule has 0 aromatic heterocycles. The lowest BCUT2D eigenvalue weighted by atomic mass is 10.3. The average molecular weight is 402 g/mol. The van der Waals surface area contributed by atoms with Crippen molar-refractivity contribution in [1.82, 2.24) is 9.44 Å². The van der Waals surface area contributed by atoms with Gasteiger partial charge in [0.1, 0.15) is 10.6 Å². The van der Waals surface area contributed by atoms with Gasteiger partial charge in [-0.25, -0.2) is 26.3 Å². The number of rotatable bonds is 7. The summed E-state index contributed by atoms with van der Waals surface area (Å²) in [5.74, 6) is 0.125. The van der Waals surface area contributed by atoms with Crippen LogP contribution in [0.3, 0.4) is 0 Å². The number of hydrogen-bond acceptors (Lipinski definition) is 6. The number of ether oxygens (including phenoxy) is 1. The number of sulfonamides is 2. The molecular weight excluding hydrogens is 386 g/mol. The fraction of sp³-hybridized carbons (Fsp3) is 0.400. The lowest BCUT2D eigenvalue weighted by Crippen LogP contribution is -2.34. The Morgan fingerprint density at radius 3 is 2.29 bits per heavy atom. The molecule has 0 aliphatic rings. The summed E-state index contributed by atoms with van der Waals surface area (Å²) in [5, 5.41) is 0. The molecule has 0 aliphatic carbocycles. The molecule has 0 heterocycles. The van der Waals surface area contributed by atoms with Gasteiger partial charge in [-0.1, -0.05) is 0 Å². The number of methoxy groups -OCH3 is 1. The van der Waals surface area contributed by atoms with Crippen molar-refractivity contribution in [3.05, 3.63) is 16.6 Å². The number of hydrogen-bond donors (Lipinski definition) is 3. The maximum absolute atomic E-state index is 12.2. The van der Waals surface area contributed by atoms with E-state index in [0.29, 0.717) is 4.47 Å². The SMILES string of the molecule is COc1cc(Br)c(N)cc1S(=O)(=O)NCCNS(C)(=O)=O. The fourth-order valence-electron chi connectivity index (χ4n) is 1.42. The van der Waals surface area contributed by atoms with Gasteiger partial charge in [0.2, 0.25) is 20.0 Å². The molecule has 1 aromatic rings. The molecule has 21 heavy (non-hydrogen) atoms. The van der Waals surface area contributed by atoms with Gasteiger partial charge in [-0.05, 0) is 28.1 Å². The Labute approximate surface area is 132 Å². The highest BCUT2D eigenvalue weighted by atomic mass is 79.9. The smallest absolute Gasteiger partial charge is 0.244 e. The number of anilines is 1. The number of nitrogens with one attached hydrogen (secondary N) is 2. The van der Waals surface area contributed by atoms with E-state index in [1.807, 2.05) is 0 Å². The number of benzene rings is 1. The highest BCUT2D eigenvalue weighted by Gasteiger charge is 2.20. The number of nitrogens with two attached hydrogens (primary N) is 1. The maximum atomic E-state index is 12.2. The summed E-state index contributed by atoms with van der Waals surface area (Å²) in [4.78, 5) is -0.120. The van der Waals surface area contributed by atoms with E-state index < -0.39 is 20.0 Å². The lowest BCUT2D eigenvalue weighted by molar-refractivity contribution is 0.402. The summed E-state index contributed by atoms with van der Waals surface area (Å²) < 4.78 is 56.0. The molecule has 1 rings (SSSR count). The van der Waals surface area contributed by atoms with E-state index in [4.69, 9.17) is 10.5 Å². The van der Waals surface area contributed by atoms with Gasteiger partial charge in [0.25, 0.3) is 0 Å². The van der Waals surface area contributed by atoms with Crippen LogP contribution in [0.25, 0.3) is 0 Å². The van der Waals surface area contributed by atoms with Crippen molar-refractivity contribution in [2.45, 2.75) is 4.90 Å². The van der Waals surface area contributed by atoms with Gasteiger partial charge in [-0.15, -0.1) is 0 Å². The standard InChI is InChI=1S/C10H16BrN3O5S2/c1-19-9-5-7(11)8(12)6-10(9)21(17,18)14-4-3-13-20(2,15)16/h5-6,13-14H,3-4,12H2,1-2H3. The van der Waals surface area contributed by atoms with E-state index in [9.17, 15) is 16.8 Å². The van der Waals surface area contributed by atoms with Gasteiger partial charge < -0.3 is 10.5 Å². The molecule has 0 radical (unpaired) electrons. The van der Waals surface area contributed by atoms with E-state index in [1.54, 1.807) is 0 Å². The topological polar surface area (TPSA) is 128 Å². The third kappa shape index (κ3) is 5.43. The highest BCUT2D eigenvalue weighted by Crippen LogP contribution is 2.32. The van der Waals surface area contributed by atoms with Gasteiger partial charge in [0.05, 0.1) is 13.4 Å². The molecule has 0 saturated carbocycles. The lowest BCUT2D eigenvalue weighted by Gasteiger charge is -2.12. The zero-order valence-corrected chi connectivity index (χ0v) is 14.6. The number of halogens is 1. The Bertz CT molecular complexity index is 718. The minimum absolute atomic E-state index is 0.0631. The van der Waals surface area contributed by atoms with Crippen molar-refractivity contribution < 1.29 is 21.6 Å². The van der Waals surface area contributed by atoms with Crippen molar-refractivity contribution in [2.24, 2.45) is 0 Å².